The second-order valence-electron chi connectivity index (χ2n) is 7.26. The van der Waals surface area contributed by atoms with E-state index in [4.69, 9.17) is 0 Å². The molecule has 27 heavy (non-hydrogen) atoms. The molecule has 1 saturated carbocycles. The van der Waals surface area contributed by atoms with Gasteiger partial charge in [0, 0.05) is 19.0 Å². The Kier molecular flexibility index (Phi) is 4.27. The third kappa shape index (κ3) is 3.18. The van der Waals surface area contributed by atoms with Crippen molar-refractivity contribution in [3.63, 3.8) is 0 Å². The molecule has 5 rings (SSSR count). The van der Waals surface area contributed by atoms with Crippen molar-refractivity contribution in [2.24, 2.45) is 0 Å². The second-order valence-corrected chi connectivity index (χ2v) is 8.29. The van der Waals surface area contributed by atoms with Crippen LogP contribution in [0.5, 0.6) is 0 Å². The zero-order valence-corrected chi connectivity index (χ0v) is 15.9. The Balaban J connectivity index is 1.23. The van der Waals surface area contributed by atoms with E-state index in [9.17, 15) is 4.79 Å². The normalized spacial score (nSPS) is 17.4. The lowest BCUT2D eigenvalue weighted by Crippen LogP contribution is -2.41. The molecule has 0 saturated heterocycles. The SMILES string of the molecule is O=C(CNc1nc2ccccc2s1)N1CCn2c(nnc2C2CCCC2)C1. The molecule has 0 spiro atoms. The molecule has 0 bridgehead atoms. The van der Waals surface area contributed by atoms with Crippen molar-refractivity contribution in [3.8, 4) is 0 Å². The van der Waals surface area contributed by atoms with E-state index in [-0.39, 0.29) is 12.5 Å². The largest absolute Gasteiger partial charge is 0.352 e. The number of anilines is 1. The van der Waals surface area contributed by atoms with Crippen LogP contribution in [0.1, 0.15) is 43.3 Å². The van der Waals surface area contributed by atoms with E-state index in [1.165, 1.54) is 25.7 Å². The first kappa shape index (κ1) is 16.7. The first-order valence-corrected chi connectivity index (χ1v) is 10.4. The minimum Gasteiger partial charge on any atom is -0.352 e. The molecule has 3 aromatic rings. The summed E-state index contributed by atoms with van der Waals surface area (Å²) in [6.07, 6.45) is 5.00. The number of rotatable bonds is 4. The predicted molar refractivity (Wildman–Crippen MR) is 105 cm³/mol. The van der Waals surface area contributed by atoms with Gasteiger partial charge in [-0.1, -0.05) is 36.3 Å². The van der Waals surface area contributed by atoms with Gasteiger partial charge in [0.1, 0.15) is 5.82 Å². The standard InChI is InChI=1S/C19H22N6OS/c26-17(11-20-19-21-14-7-3-4-8-15(14)27-19)24-9-10-25-16(12-24)22-23-18(25)13-5-1-2-6-13/h3-4,7-8,13H,1-2,5-6,9-12H2,(H,20,21). The Morgan fingerprint density at radius 1 is 1.19 bits per heavy atom. The highest BCUT2D eigenvalue weighted by atomic mass is 32.1. The van der Waals surface area contributed by atoms with Crippen LogP contribution in [-0.4, -0.2) is 43.6 Å². The average Bonchev–Trinajstić information content (AvgIpc) is 3.43. The highest BCUT2D eigenvalue weighted by Crippen LogP contribution is 2.34. The van der Waals surface area contributed by atoms with Crippen LogP contribution in [0.15, 0.2) is 24.3 Å². The molecule has 7 nitrogen and oxygen atoms in total. The number of benzene rings is 1. The molecule has 1 N–H and O–H groups in total. The number of aromatic nitrogens is 4. The van der Waals surface area contributed by atoms with E-state index in [1.54, 1.807) is 11.3 Å². The summed E-state index contributed by atoms with van der Waals surface area (Å²) in [5, 5.41) is 12.8. The minimum atomic E-state index is 0.0749. The molecule has 140 valence electrons. The van der Waals surface area contributed by atoms with Crippen LogP contribution in [0.4, 0.5) is 5.13 Å². The topological polar surface area (TPSA) is 75.9 Å². The van der Waals surface area contributed by atoms with Crippen LogP contribution in [0.3, 0.4) is 0 Å². The first-order chi connectivity index (χ1) is 13.3. The molecule has 1 aromatic carbocycles. The zero-order chi connectivity index (χ0) is 18.2. The van der Waals surface area contributed by atoms with E-state index in [0.717, 1.165) is 33.5 Å². The van der Waals surface area contributed by atoms with Crippen molar-refractivity contribution < 1.29 is 4.79 Å². The number of hydrogen-bond donors (Lipinski definition) is 1. The van der Waals surface area contributed by atoms with Gasteiger partial charge in [0.2, 0.25) is 5.91 Å². The molecule has 0 unspecified atom stereocenters. The summed E-state index contributed by atoms with van der Waals surface area (Å²) >= 11 is 1.57. The summed E-state index contributed by atoms with van der Waals surface area (Å²) < 4.78 is 3.36. The third-order valence-electron chi connectivity index (χ3n) is 5.54. The van der Waals surface area contributed by atoms with Crippen molar-refractivity contribution in [1.29, 1.82) is 0 Å². The highest BCUT2D eigenvalue weighted by Gasteiger charge is 2.28. The Bertz CT molecular complexity index is 941. The number of nitrogens with zero attached hydrogens (tertiary/aromatic N) is 5. The van der Waals surface area contributed by atoms with Crippen LogP contribution < -0.4 is 5.32 Å². The van der Waals surface area contributed by atoms with Crippen molar-refractivity contribution in [2.75, 3.05) is 18.4 Å². The molecular formula is C19H22N6OS. The van der Waals surface area contributed by atoms with Crippen molar-refractivity contribution in [1.82, 2.24) is 24.6 Å². The number of thiazole rings is 1. The predicted octanol–water partition coefficient (Wildman–Crippen LogP) is 3.00. The van der Waals surface area contributed by atoms with Gasteiger partial charge in [0.15, 0.2) is 11.0 Å². The van der Waals surface area contributed by atoms with Gasteiger partial charge < -0.3 is 14.8 Å². The number of fused-ring (bicyclic) bond motifs is 2. The van der Waals surface area contributed by atoms with E-state index < -0.39 is 0 Å². The van der Waals surface area contributed by atoms with Gasteiger partial charge in [-0.05, 0) is 25.0 Å². The lowest BCUT2D eigenvalue weighted by molar-refractivity contribution is -0.130. The summed E-state index contributed by atoms with van der Waals surface area (Å²) in [6, 6.07) is 8.00. The molecular weight excluding hydrogens is 360 g/mol. The minimum absolute atomic E-state index is 0.0749. The molecule has 1 aliphatic carbocycles. The highest BCUT2D eigenvalue weighted by molar-refractivity contribution is 7.22. The Labute approximate surface area is 161 Å². The number of para-hydroxylation sites is 1. The summed E-state index contributed by atoms with van der Waals surface area (Å²) in [5.74, 6) is 2.67. The molecule has 0 radical (unpaired) electrons. The number of amides is 1. The van der Waals surface area contributed by atoms with Crippen LogP contribution in [0.25, 0.3) is 10.2 Å². The average molecular weight is 382 g/mol. The van der Waals surface area contributed by atoms with Gasteiger partial charge in [-0.15, -0.1) is 10.2 Å². The van der Waals surface area contributed by atoms with Gasteiger partial charge in [-0.2, -0.15) is 0 Å². The fourth-order valence-corrected chi connectivity index (χ4v) is 4.95. The Morgan fingerprint density at radius 3 is 2.89 bits per heavy atom. The van der Waals surface area contributed by atoms with Crippen LogP contribution in [0.2, 0.25) is 0 Å². The summed E-state index contributed by atoms with van der Waals surface area (Å²) in [7, 11) is 0. The molecule has 1 aliphatic heterocycles. The maximum absolute atomic E-state index is 12.6. The number of nitrogens with one attached hydrogen (secondary N) is 1. The molecule has 0 atom stereocenters. The smallest absolute Gasteiger partial charge is 0.242 e. The van der Waals surface area contributed by atoms with Crippen molar-refractivity contribution in [2.45, 2.75) is 44.7 Å². The van der Waals surface area contributed by atoms with Gasteiger partial charge >= 0.3 is 0 Å². The maximum atomic E-state index is 12.6. The number of hydrogen-bond acceptors (Lipinski definition) is 6. The Hall–Kier alpha value is -2.48. The van der Waals surface area contributed by atoms with E-state index in [0.29, 0.717) is 19.0 Å². The Morgan fingerprint density at radius 2 is 2.04 bits per heavy atom. The summed E-state index contributed by atoms with van der Waals surface area (Å²) in [6.45, 7) is 2.30. The molecule has 1 fully saturated rings. The lowest BCUT2D eigenvalue weighted by Gasteiger charge is -2.28. The monoisotopic (exact) mass is 382 g/mol. The van der Waals surface area contributed by atoms with E-state index >= 15 is 0 Å². The van der Waals surface area contributed by atoms with Crippen molar-refractivity contribution in [3.05, 3.63) is 35.9 Å². The maximum Gasteiger partial charge on any atom is 0.242 e. The zero-order valence-electron chi connectivity index (χ0n) is 15.1. The molecule has 8 heteroatoms. The lowest BCUT2D eigenvalue weighted by atomic mass is 10.1. The summed E-state index contributed by atoms with van der Waals surface area (Å²) in [5.41, 5.74) is 0.961. The van der Waals surface area contributed by atoms with Gasteiger partial charge in [0.05, 0.1) is 23.3 Å². The molecule has 2 aromatic heterocycles. The second kappa shape index (κ2) is 6.92. The van der Waals surface area contributed by atoms with Crippen LogP contribution in [-0.2, 0) is 17.9 Å². The van der Waals surface area contributed by atoms with Crippen LogP contribution >= 0.6 is 11.3 Å². The van der Waals surface area contributed by atoms with Gasteiger partial charge in [-0.25, -0.2) is 4.98 Å². The van der Waals surface area contributed by atoms with Crippen molar-refractivity contribution >= 4 is 32.6 Å². The molecule has 2 aliphatic rings. The fraction of sp³-hybridized carbons (Fsp3) is 0.474. The first-order valence-electron chi connectivity index (χ1n) is 9.57. The van der Waals surface area contributed by atoms with Gasteiger partial charge in [-0.3, -0.25) is 4.79 Å². The quantitative estimate of drug-likeness (QED) is 0.751. The van der Waals surface area contributed by atoms with Gasteiger partial charge in [0.25, 0.3) is 0 Å². The number of carbonyl (C=O) groups excluding carboxylic acids is 1. The molecule has 3 heterocycles. The number of carbonyl (C=O) groups is 1. The van der Waals surface area contributed by atoms with E-state index in [1.807, 2.05) is 29.2 Å². The summed E-state index contributed by atoms with van der Waals surface area (Å²) in [4.78, 5) is 19.0. The fourth-order valence-electron chi connectivity index (χ4n) is 4.09. The van der Waals surface area contributed by atoms with E-state index in [2.05, 4.69) is 25.1 Å². The van der Waals surface area contributed by atoms with Crippen LogP contribution in [0, 0.1) is 0 Å². The third-order valence-corrected chi connectivity index (χ3v) is 6.53. The molecule has 1 amide bonds.